The third-order valence-corrected chi connectivity index (χ3v) is 17.4. The summed E-state index contributed by atoms with van der Waals surface area (Å²) in [5.74, 6) is 0.636. The van der Waals surface area contributed by atoms with Gasteiger partial charge in [0.25, 0.3) is 0 Å². The van der Waals surface area contributed by atoms with Crippen LogP contribution in [-0.4, -0.2) is 44.3 Å². The van der Waals surface area contributed by atoms with Crippen molar-refractivity contribution in [1.29, 1.82) is 0 Å². The van der Waals surface area contributed by atoms with Crippen molar-refractivity contribution >= 4 is 69.4 Å². The average molecular weight is 1120 g/mol. The lowest BCUT2D eigenvalue weighted by molar-refractivity contribution is 0.108. The van der Waals surface area contributed by atoms with Crippen molar-refractivity contribution in [2.24, 2.45) is 20.4 Å². The zero-order chi connectivity index (χ0) is 57.8. The smallest absolute Gasteiger partial charge is 0.224 e. The second-order valence-electron chi connectivity index (χ2n) is 24.7. The molecule has 0 saturated heterocycles. The van der Waals surface area contributed by atoms with Gasteiger partial charge in [-0.1, -0.05) is 168 Å². The number of fused-ring (bicyclic) bond motifs is 6. The Morgan fingerprint density at radius 2 is 0.679 bits per heavy atom. The van der Waals surface area contributed by atoms with Gasteiger partial charge in [0.05, 0.1) is 12.4 Å². The van der Waals surface area contributed by atoms with Crippen LogP contribution >= 0.6 is 35.3 Å². The number of phenols is 2. The summed E-state index contributed by atoms with van der Waals surface area (Å²) < 4.78 is 0. The molecule has 0 bridgehead atoms. The van der Waals surface area contributed by atoms with Crippen molar-refractivity contribution in [2.45, 2.75) is 124 Å². The van der Waals surface area contributed by atoms with E-state index >= 15 is 0 Å². The average Bonchev–Trinajstić information content (AvgIpc) is 4.16. The Balaban J connectivity index is 0.815. The first-order chi connectivity index (χ1) is 38.3. The first kappa shape index (κ1) is 56.7. The van der Waals surface area contributed by atoms with Gasteiger partial charge in [0.1, 0.15) is 22.9 Å². The monoisotopic (exact) mass is 1120 g/mol. The van der Waals surface area contributed by atoms with Gasteiger partial charge in [-0.3, -0.25) is 9.59 Å². The Kier molecular flexibility index (Phi) is 15.4. The fourth-order valence-corrected chi connectivity index (χ4v) is 12.8. The quantitative estimate of drug-likeness (QED) is 0.0794. The minimum atomic E-state index is -0.278. The van der Waals surface area contributed by atoms with Crippen molar-refractivity contribution in [3.05, 3.63) is 224 Å². The molecule has 2 aliphatic rings. The molecule has 81 heavy (non-hydrogen) atoms. The van der Waals surface area contributed by atoms with E-state index in [1.165, 1.54) is 23.5 Å². The van der Waals surface area contributed by atoms with E-state index in [0.717, 1.165) is 97.5 Å². The lowest BCUT2D eigenvalue weighted by Crippen LogP contribution is -2.17. The van der Waals surface area contributed by atoms with Crippen LogP contribution in [0.4, 0.5) is 0 Å². The maximum Gasteiger partial charge on any atom is 0.224 e. The Morgan fingerprint density at radius 3 is 1.00 bits per heavy atom. The number of benzene rings is 8. The van der Waals surface area contributed by atoms with Gasteiger partial charge in [0, 0.05) is 86.3 Å². The van der Waals surface area contributed by atoms with Crippen LogP contribution in [0.1, 0.15) is 159 Å². The van der Waals surface area contributed by atoms with E-state index in [9.17, 15) is 19.8 Å². The molecule has 0 unspecified atom stereocenters. The maximum absolute atomic E-state index is 14.2. The second-order valence-corrected chi connectivity index (χ2v) is 27.9. The highest BCUT2D eigenvalue weighted by Gasteiger charge is 2.33. The molecule has 8 nitrogen and oxygen atoms in total. The lowest BCUT2D eigenvalue weighted by Gasteiger charge is -2.27. The predicted octanol–water partition coefficient (Wildman–Crippen LogP) is 18.0. The summed E-state index contributed by atoms with van der Waals surface area (Å²) in [4.78, 5) is 32.1. The van der Waals surface area contributed by atoms with Gasteiger partial charge in [-0.2, -0.15) is 10.2 Å². The van der Waals surface area contributed by atoms with E-state index in [4.69, 9.17) is 10.2 Å². The fourth-order valence-electron chi connectivity index (χ4n) is 10.4. The molecular formula is C70H66N4O4S3. The molecule has 0 saturated carbocycles. The van der Waals surface area contributed by atoms with Crippen LogP contribution in [0.3, 0.4) is 0 Å². The van der Waals surface area contributed by atoms with E-state index in [2.05, 4.69) is 93.3 Å². The molecule has 2 N–H and O–H groups in total. The van der Waals surface area contributed by atoms with Gasteiger partial charge < -0.3 is 10.2 Å². The maximum atomic E-state index is 14.2. The number of phenolic OH excluding ortho intramolecular Hbond substituents is 2. The molecule has 0 radical (unpaired) electrons. The van der Waals surface area contributed by atoms with Crippen LogP contribution in [0.5, 0.6) is 11.5 Å². The molecule has 0 amide bonds. The van der Waals surface area contributed by atoms with E-state index in [-0.39, 0.29) is 31.9 Å². The van der Waals surface area contributed by atoms with Crippen molar-refractivity contribution in [3.8, 4) is 33.8 Å². The molecule has 0 aromatic heterocycles. The summed E-state index contributed by atoms with van der Waals surface area (Å²) in [6.07, 6.45) is 3.49. The van der Waals surface area contributed by atoms with Crippen LogP contribution in [0, 0.1) is 0 Å². The van der Waals surface area contributed by atoms with Crippen LogP contribution in [0.2, 0.25) is 0 Å². The third-order valence-electron chi connectivity index (χ3n) is 14.5. The minimum Gasteiger partial charge on any atom is -0.507 e. The van der Waals surface area contributed by atoms with Crippen molar-refractivity contribution in [1.82, 2.24) is 0 Å². The zero-order valence-electron chi connectivity index (χ0n) is 47.9. The standard InChI is InChI=1S/C70H66N4O4S3/c1-67(2,3)55-35-41(36-56(63(55)75)68(4,5)6)39-71-73-61-49-21-15-13-19-47(49)59-51(61)23-17-25-53(59)65(77)80-45-31-27-43(28-32-45)79-44-29-33-46(34-30-44)81-66(78)54-26-18-24-52-60(54)48-20-14-16-22-50(48)62(52)74-72-40-42-37-57(69(7,8)9)64(76)58(38-42)70(10,11)12/h13-40,75-76H,1-12H3. The number of carbonyl (C=O) groups excluding carboxylic acids is 2. The Bertz CT molecular complexity index is 3610. The van der Waals surface area contributed by atoms with Crippen molar-refractivity contribution in [3.63, 3.8) is 0 Å². The summed E-state index contributed by atoms with van der Waals surface area (Å²) in [5, 5.41) is 41.2. The fraction of sp³-hybridized carbons (Fsp3) is 0.229. The molecule has 11 heteroatoms. The molecule has 408 valence electrons. The number of rotatable bonds is 10. The lowest BCUT2D eigenvalue weighted by atomic mass is 9.78. The molecule has 0 heterocycles. The first-order valence-electron chi connectivity index (χ1n) is 27.1. The Hall–Kier alpha value is -7.57. The third kappa shape index (κ3) is 11.8. The summed E-state index contributed by atoms with van der Waals surface area (Å²) in [6, 6.07) is 51.5. The van der Waals surface area contributed by atoms with Crippen molar-refractivity contribution < 1.29 is 19.8 Å². The minimum absolute atomic E-state index is 0.0678. The van der Waals surface area contributed by atoms with Gasteiger partial charge in [0.15, 0.2) is 0 Å². The molecule has 8 aromatic rings. The molecule has 8 aromatic carbocycles. The van der Waals surface area contributed by atoms with E-state index in [0.29, 0.717) is 34.0 Å². The number of carbonyl (C=O) groups is 2. The molecule has 0 fully saturated rings. The van der Waals surface area contributed by atoms with Crippen LogP contribution < -0.4 is 0 Å². The first-order valence-corrected chi connectivity index (χ1v) is 29.6. The topological polar surface area (TPSA) is 124 Å². The molecule has 0 atom stereocenters. The molecule has 0 spiro atoms. The number of aromatic hydroxyl groups is 2. The summed E-state index contributed by atoms with van der Waals surface area (Å²) in [7, 11) is 0. The molecule has 0 aliphatic heterocycles. The SMILES string of the molecule is CC(C)(C)c1cc(C=NN=C2c3ccccc3-c3c(C(=O)Sc4ccc(Sc5ccc(SC(=O)c6cccc7c6-c6ccccc6C7=NN=Cc6cc(C(C)(C)C)c(O)c(C(C)(C)C)c6)cc5)cc4)cccc32)cc(C(C)(C)C)c1O. The highest BCUT2D eigenvalue weighted by atomic mass is 32.2. The highest BCUT2D eigenvalue weighted by Crippen LogP contribution is 2.45. The second kappa shape index (κ2) is 22.1. The summed E-state index contributed by atoms with van der Waals surface area (Å²) >= 11 is 4.01. The largest absolute Gasteiger partial charge is 0.507 e. The Morgan fingerprint density at radius 1 is 0.383 bits per heavy atom. The normalized spacial score (nSPS) is 14.2. The Labute approximate surface area is 489 Å². The number of hydrogen-bond donors (Lipinski definition) is 2. The highest BCUT2D eigenvalue weighted by molar-refractivity contribution is 8.14. The summed E-state index contributed by atoms with van der Waals surface area (Å²) in [6.45, 7) is 25.1. The number of thioether (sulfide) groups is 2. The number of nitrogens with zero attached hydrogens (tertiary/aromatic N) is 4. The van der Waals surface area contributed by atoms with Gasteiger partial charge in [-0.05, 0) is 152 Å². The molecule has 2 aliphatic carbocycles. The van der Waals surface area contributed by atoms with Crippen LogP contribution in [0.15, 0.2) is 198 Å². The number of hydrogen-bond acceptors (Lipinski definition) is 11. The van der Waals surface area contributed by atoms with E-state index in [1.54, 1.807) is 24.2 Å². The molecular weight excluding hydrogens is 1060 g/mol. The zero-order valence-corrected chi connectivity index (χ0v) is 50.3. The van der Waals surface area contributed by atoms with Gasteiger partial charge in [0.2, 0.25) is 10.2 Å². The van der Waals surface area contributed by atoms with E-state index in [1.807, 2.05) is 158 Å². The van der Waals surface area contributed by atoms with Crippen LogP contribution in [-0.2, 0) is 21.7 Å². The summed E-state index contributed by atoms with van der Waals surface area (Å²) in [5.41, 5.74) is 13.7. The predicted molar refractivity (Wildman–Crippen MR) is 339 cm³/mol. The van der Waals surface area contributed by atoms with Gasteiger partial charge in [-0.25, -0.2) is 0 Å². The van der Waals surface area contributed by atoms with Crippen molar-refractivity contribution in [2.75, 3.05) is 0 Å². The van der Waals surface area contributed by atoms with Crippen LogP contribution in [0.25, 0.3) is 22.3 Å². The van der Waals surface area contributed by atoms with Gasteiger partial charge in [-0.15, -0.1) is 10.2 Å². The van der Waals surface area contributed by atoms with Gasteiger partial charge >= 0.3 is 0 Å². The molecule has 10 rings (SSSR count). The van der Waals surface area contributed by atoms with E-state index < -0.39 is 0 Å².